The lowest BCUT2D eigenvalue weighted by molar-refractivity contribution is -0.159. The van der Waals surface area contributed by atoms with Crippen LogP contribution in [0.5, 0.6) is 0 Å². The number of aryl methyl sites for hydroxylation is 1. The van der Waals surface area contributed by atoms with Gasteiger partial charge >= 0.3 is 12.1 Å². The van der Waals surface area contributed by atoms with Crippen LogP contribution in [0.15, 0.2) is 22.7 Å². The molecule has 24 heavy (non-hydrogen) atoms. The van der Waals surface area contributed by atoms with Crippen molar-refractivity contribution in [2.45, 2.75) is 32.9 Å². The zero-order chi connectivity index (χ0) is 17.9. The summed E-state index contributed by atoms with van der Waals surface area (Å²) in [5.41, 5.74) is 0.971. The van der Waals surface area contributed by atoms with Crippen LogP contribution in [-0.4, -0.2) is 22.0 Å². The molecule has 0 bridgehead atoms. The minimum Gasteiger partial charge on any atom is -0.329 e. The third-order valence-electron chi connectivity index (χ3n) is 3.13. The highest BCUT2D eigenvalue weighted by molar-refractivity contribution is 6.05. The number of imide groups is 1. The van der Waals surface area contributed by atoms with Crippen LogP contribution in [0.25, 0.3) is 11.4 Å². The normalized spacial score (nSPS) is 11.4. The van der Waals surface area contributed by atoms with Crippen LogP contribution >= 0.6 is 0 Å². The SMILES string of the molecule is CCCC(=O)NC(=O)c1ccc(-c2noc(C(F)(F)F)n2)cc1C. The van der Waals surface area contributed by atoms with Gasteiger partial charge in [0.2, 0.25) is 11.7 Å². The molecule has 0 spiro atoms. The fraction of sp³-hybridized carbons (Fsp3) is 0.333. The van der Waals surface area contributed by atoms with E-state index < -0.39 is 18.0 Å². The average molecular weight is 341 g/mol. The van der Waals surface area contributed by atoms with Gasteiger partial charge in [-0.05, 0) is 31.0 Å². The molecule has 0 saturated heterocycles. The van der Waals surface area contributed by atoms with E-state index >= 15 is 0 Å². The molecule has 0 aliphatic rings. The van der Waals surface area contributed by atoms with Crippen LogP contribution in [-0.2, 0) is 11.0 Å². The number of aromatic nitrogens is 2. The number of hydrogen-bond acceptors (Lipinski definition) is 5. The van der Waals surface area contributed by atoms with Gasteiger partial charge in [0.15, 0.2) is 0 Å². The number of carbonyl (C=O) groups is 2. The van der Waals surface area contributed by atoms with Crippen LogP contribution in [0.3, 0.4) is 0 Å². The summed E-state index contributed by atoms with van der Waals surface area (Å²) in [5, 5.41) is 5.53. The fourth-order valence-corrected chi connectivity index (χ4v) is 2.00. The van der Waals surface area contributed by atoms with E-state index in [1.54, 1.807) is 6.92 Å². The van der Waals surface area contributed by atoms with Crippen molar-refractivity contribution in [3.05, 3.63) is 35.2 Å². The predicted molar refractivity (Wildman–Crippen MR) is 76.9 cm³/mol. The number of carbonyl (C=O) groups excluding carboxylic acids is 2. The van der Waals surface area contributed by atoms with Gasteiger partial charge in [0, 0.05) is 17.5 Å². The Hall–Kier alpha value is -2.71. The molecular formula is C15H14F3N3O3. The molecule has 1 aromatic heterocycles. The van der Waals surface area contributed by atoms with E-state index in [2.05, 4.69) is 20.0 Å². The highest BCUT2D eigenvalue weighted by Gasteiger charge is 2.38. The van der Waals surface area contributed by atoms with Crippen molar-refractivity contribution in [2.24, 2.45) is 0 Å². The van der Waals surface area contributed by atoms with Crippen molar-refractivity contribution in [1.82, 2.24) is 15.5 Å². The van der Waals surface area contributed by atoms with Crippen LogP contribution in [0.1, 0.15) is 41.6 Å². The lowest BCUT2D eigenvalue weighted by atomic mass is 10.0. The number of hydrogen-bond donors (Lipinski definition) is 1. The van der Waals surface area contributed by atoms with Crippen molar-refractivity contribution in [2.75, 3.05) is 0 Å². The molecule has 1 aromatic carbocycles. The molecule has 128 valence electrons. The first-order valence-corrected chi connectivity index (χ1v) is 7.08. The van der Waals surface area contributed by atoms with Crippen LogP contribution < -0.4 is 5.32 Å². The summed E-state index contributed by atoms with van der Waals surface area (Å²) >= 11 is 0. The Balaban J connectivity index is 2.22. The van der Waals surface area contributed by atoms with Gasteiger partial charge in [0.05, 0.1) is 0 Å². The molecule has 0 radical (unpaired) electrons. The fourth-order valence-electron chi connectivity index (χ4n) is 2.00. The summed E-state index contributed by atoms with van der Waals surface area (Å²) in [6.07, 6.45) is -3.89. The predicted octanol–water partition coefficient (Wildman–Crippen LogP) is 3.12. The quantitative estimate of drug-likeness (QED) is 0.923. The molecule has 0 aliphatic heterocycles. The molecule has 1 N–H and O–H groups in total. The molecular weight excluding hydrogens is 327 g/mol. The van der Waals surface area contributed by atoms with Crippen LogP contribution in [0.2, 0.25) is 0 Å². The summed E-state index contributed by atoms with van der Waals surface area (Å²) in [6.45, 7) is 3.40. The topological polar surface area (TPSA) is 85.1 Å². The maximum absolute atomic E-state index is 12.5. The van der Waals surface area contributed by atoms with Gasteiger partial charge < -0.3 is 4.52 Å². The molecule has 2 aromatic rings. The zero-order valence-electron chi connectivity index (χ0n) is 12.9. The summed E-state index contributed by atoms with van der Waals surface area (Å²) in [6, 6.07) is 4.23. The first-order valence-electron chi connectivity index (χ1n) is 7.08. The van der Waals surface area contributed by atoms with Gasteiger partial charge in [-0.2, -0.15) is 18.2 Å². The number of halogens is 3. The largest absolute Gasteiger partial charge is 0.471 e. The number of nitrogens with one attached hydrogen (secondary N) is 1. The average Bonchev–Trinajstić information content (AvgIpc) is 2.97. The van der Waals surface area contributed by atoms with Crippen molar-refractivity contribution in [1.29, 1.82) is 0 Å². The maximum Gasteiger partial charge on any atom is 0.471 e. The Morgan fingerprint density at radius 1 is 1.29 bits per heavy atom. The maximum atomic E-state index is 12.5. The number of alkyl halides is 3. The monoisotopic (exact) mass is 341 g/mol. The molecule has 9 heteroatoms. The highest BCUT2D eigenvalue weighted by atomic mass is 19.4. The smallest absolute Gasteiger partial charge is 0.329 e. The number of amides is 2. The molecule has 0 unspecified atom stereocenters. The summed E-state index contributed by atoms with van der Waals surface area (Å²) < 4.78 is 41.6. The Morgan fingerprint density at radius 3 is 2.54 bits per heavy atom. The van der Waals surface area contributed by atoms with Crippen LogP contribution in [0.4, 0.5) is 13.2 Å². The van der Waals surface area contributed by atoms with E-state index in [0.29, 0.717) is 12.0 Å². The van der Waals surface area contributed by atoms with E-state index in [0.717, 1.165) is 0 Å². The summed E-state index contributed by atoms with van der Waals surface area (Å²) in [4.78, 5) is 26.7. The van der Waals surface area contributed by atoms with Gasteiger partial charge in [-0.1, -0.05) is 18.1 Å². The first kappa shape index (κ1) is 17.6. The second-order valence-corrected chi connectivity index (χ2v) is 5.08. The van der Waals surface area contributed by atoms with E-state index in [1.165, 1.54) is 18.2 Å². The molecule has 0 fully saturated rings. The Labute approximate surface area is 135 Å². The zero-order valence-corrected chi connectivity index (χ0v) is 12.9. The van der Waals surface area contributed by atoms with Crippen molar-refractivity contribution in [3.63, 3.8) is 0 Å². The number of nitrogens with zero attached hydrogens (tertiary/aromatic N) is 2. The lowest BCUT2D eigenvalue weighted by Gasteiger charge is -2.07. The van der Waals surface area contributed by atoms with Crippen molar-refractivity contribution in [3.8, 4) is 11.4 Å². The number of rotatable bonds is 4. The van der Waals surface area contributed by atoms with Gasteiger partial charge in [-0.3, -0.25) is 14.9 Å². The molecule has 6 nitrogen and oxygen atoms in total. The highest BCUT2D eigenvalue weighted by Crippen LogP contribution is 2.29. The first-order chi connectivity index (χ1) is 11.2. The van der Waals surface area contributed by atoms with Gasteiger partial charge in [0.25, 0.3) is 5.91 Å². The van der Waals surface area contributed by atoms with Gasteiger partial charge in [-0.25, -0.2) is 0 Å². The Morgan fingerprint density at radius 2 is 2.00 bits per heavy atom. The Kier molecular flexibility index (Phi) is 5.01. The molecule has 0 atom stereocenters. The second-order valence-electron chi connectivity index (χ2n) is 5.08. The van der Waals surface area contributed by atoms with Crippen molar-refractivity contribution >= 4 is 11.8 Å². The number of benzene rings is 1. The third-order valence-corrected chi connectivity index (χ3v) is 3.13. The Bertz CT molecular complexity index is 769. The van der Waals surface area contributed by atoms with E-state index in [1.807, 2.05) is 6.92 Å². The van der Waals surface area contributed by atoms with E-state index in [4.69, 9.17) is 0 Å². The van der Waals surface area contributed by atoms with E-state index in [9.17, 15) is 22.8 Å². The third kappa shape index (κ3) is 3.98. The minimum absolute atomic E-state index is 0.228. The molecule has 2 rings (SSSR count). The van der Waals surface area contributed by atoms with Crippen LogP contribution in [0, 0.1) is 6.92 Å². The molecule has 2 amide bonds. The standard InChI is InChI=1S/C15H14F3N3O3/c1-3-4-11(22)19-13(23)10-6-5-9(7-8(10)2)12-20-14(24-21-12)15(16,17)18/h5-7H,3-4H2,1-2H3,(H,19,22,23). The van der Waals surface area contributed by atoms with E-state index in [-0.39, 0.29) is 29.3 Å². The molecule has 0 saturated carbocycles. The van der Waals surface area contributed by atoms with Gasteiger partial charge in [-0.15, -0.1) is 0 Å². The molecule has 1 heterocycles. The minimum atomic E-state index is -4.72. The summed E-state index contributed by atoms with van der Waals surface area (Å²) in [5.74, 6) is -2.64. The second kappa shape index (κ2) is 6.81. The van der Waals surface area contributed by atoms with Crippen molar-refractivity contribution < 1.29 is 27.3 Å². The lowest BCUT2D eigenvalue weighted by Crippen LogP contribution is -2.30. The summed E-state index contributed by atoms with van der Waals surface area (Å²) in [7, 11) is 0. The molecule has 0 aliphatic carbocycles. The van der Waals surface area contributed by atoms with Gasteiger partial charge in [0.1, 0.15) is 0 Å².